The predicted molar refractivity (Wildman–Crippen MR) is 33.3 cm³/mol. The maximum absolute atomic E-state index is 6.67. The molecule has 44 valence electrons. The molecular formula is C7H11N. The molecule has 8 heavy (non-hydrogen) atoms. The third kappa shape index (κ3) is 0.838. The summed E-state index contributed by atoms with van der Waals surface area (Å²) in [6.45, 7) is 11.0. The van der Waals surface area contributed by atoms with Crippen molar-refractivity contribution in [1.29, 1.82) is 0 Å². The lowest BCUT2D eigenvalue weighted by molar-refractivity contribution is 0.558. The lowest BCUT2D eigenvalue weighted by Gasteiger charge is -1.93. The Hall–Kier alpha value is -0.510. The quantitative estimate of drug-likeness (QED) is 0.453. The van der Waals surface area contributed by atoms with Gasteiger partial charge in [0.05, 0.1) is 0 Å². The molecule has 1 saturated carbocycles. The summed E-state index contributed by atoms with van der Waals surface area (Å²) in [4.78, 5) is 3.45. The van der Waals surface area contributed by atoms with Gasteiger partial charge in [0.2, 0.25) is 6.04 Å². The molecule has 1 fully saturated rings. The van der Waals surface area contributed by atoms with Gasteiger partial charge in [0.25, 0.3) is 0 Å². The van der Waals surface area contributed by atoms with Gasteiger partial charge in [0.1, 0.15) is 0 Å². The maximum atomic E-state index is 6.67. The van der Waals surface area contributed by atoms with E-state index in [1.54, 1.807) is 0 Å². The van der Waals surface area contributed by atoms with Gasteiger partial charge in [-0.05, 0) is 5.92 Å². The fourth-order valence-corrected chi connectivity index (χ4v) is 1.07. The number of hydrogen-bond acceptors (Lipinski definition) is 0. The Morgan fingerprint density at radius 3 is 2.38 bits per heavy atom. The summed E-state index contributed by atoms with van der Waals surface area (Å²) >= 11 is 0. The summed E-state index contributed by atoms with van der Waals surface area (Å²) in [7, 11) is 0. The highest BCUT2D eigenvalue weighted by atomic mass is 14.8. The van der Waals surface area contributed by atoms with Crippen molar-refractivity contribution in [2.45, 2.75) is 26.3 Å². The van der Waals surface area contributed by atoms with Gasteiger partial charge in [0, 0.05) is 12.3 Å². The first kappa shape index (κ1) is 5.62. The lowest BCUT2D eigenvalue weighted by atomic mass is 10.1. The molecule has 0 amide bonds. The molecule has 1 heteroatoms. The van der Waals surface area contributed by atoms with E-state index in [4.69, 9.17) is 6.57 Å². The molecule has 0 spiro atoms. The Bertz CT molecular complexity index is 121. The van der Waals surface area contributed by atoms with E-state index in [1.165, 1.54) is 0 Å². The van der Waals surface area contributed by atoms with E-state index in [-0.39, 0.29) is 0 Å². The second-order valence-electron chi connectivity index (χ2n) is 2.84. The minimum atomic E-state index is 0.384. The Labute approximate surface area is 50.5 Å². The predicted octanol–water partition coefficient (Wildman–Crippen LogP) is 1.95. The van der Waals surface area contributed by atoms with E-state index in [0.717, 1.165) is 18.3 Å². The molecule has 1 rings (SSSR count). The van der Waals surface area contributed by atoms with E-state index in [1.807, 2.05) is 0 Å². The van der Waals surface area contributed by atoms with E-state index < -0.39 is 0 Å². The van der Waals surface area contributed by atoms with Crippen molar-refractivity contribution in [2.75, 3.05) is 0 Å². The van der Waals surface area contributed by atoms with Crippen LogP contribution in [0, 0.1) is 18.4 Å². The molecule has 0 N–H and O–H groups in total. The van der Waals surface area contributed by atoms with Crippen LogP contribution in [-0.2, 0) is 0 Å². The van der Waals surface area contributed by atoms with Crippen molar-refractivity contribution >= 4 is 0 Å². The topological polar surface area (TPSA) is 4.36 Å². The fraction of sp³-hybridized carbons (Fsp3) is 0.857. The summed E-state index contributed by atoms with van der Waals surface area (Å²) in [5, 5.41) is 0. The molecule has 0 aromatic rings. The smallest absolute Gasteiger partial charge is 0.227 e. The van der Waals surface area contributed by atoms with Crippen molar-refractivity contribution in [1.82, 2.24) is 0 Å². The minimum absolute atomic E-state index is 0.384. The zero-order valence-electron chi connectivity index (χ0n) is 5.39. The first-order valence-corrected chi connectivity index (χ1v) is 3.12. The highest BCUT2D eigenvalue weighted by molar-refractivity contribution is 5.02. The molecule has 0 saturated heterocycles. The average molecular weight is 109 g/mol. The molecule has 1 aliphatic carbocycles. The first-order valence-electron chi connectivity index (χ1n) is 3.12. The molecule has 0 heterocycles. The average Bonchev–Trinajstić information content (AvgIpc) is 2.42. The fourth-order valence-electron chi connectivity index (χ4n) is 1.07. The van der Waals surface area contributed by atoms with Crippen LogP contribution < -0.4 is 0 Å². The third-order valence-corrected chi connectivity index (χ3v) is 1.83. The highest BCUT2D eigenvalue weighted by Crippen LogP contribution is 2.39. The van der Waals surface area contributed by atoms with Gasteiger partial charge >= 0.3 is 0 Å². The molecule has 0 aromatic carbocycles. The minimum Gasteiger partial charge on any atom is -0.313 e. The molecule has 0 aliphatic heterocycles. The van der Waals surface area contributed by atoms with Crippen LogP contribution in [0.3, 0.4) is 0 Å². The molecule has 0 radical (unpaired) electrons. The first-order chi connectivity index (χ1) is 3.75. The van der Waals surface area contributed by atoms with Gasteiger partial charge in [-0.2, -0.15) is 0 Å². The van der Waals surface area contributed by atoms with Crippen LogP contribution in [0.5, 0.6) is 0 Å². The van der Waals surface area contributed by atoms with Crippen molar-refractivity contribution < 1.29 is 0 Å². The Balaban J connectivity index is 2.29. The van der Waals surface area contributed by atoms with Crippen molar-refractivity contribution in [3.63, 3.8) is 0 Å². The number of rotatable bonds is 1. The largest absolute Gasteiger partial charge is 0.313 e. The Kier molecular flexibility index (Phi) is 1.25. The monoisotopic (exact) mass is 109 g/mol. The van der Waals surface area contributed by atoms with Gasteiger partial charge in [-0.15, -0.1) is 0 Å². The molecular weight excluding hydrogens is 98.1 g/mol. The van der Waals surface area contributed by atoms with Gasteiger partial charge in [-0.25, -0.2) is 6.57 Å². The van der Waals surface area contributed by atoms with Gasteiger partial charge < -0.3 is 4.85 Å². The second kappa shape index (κ2) is 1.78. The van der Waals surface area contributed by atoms with E-state index in [9.17, 15) is 0 Å². The molecule has 1 nitrogen and oxygen atoms in total. The zero-order chi connectivity index (χ0) is 6.15. The van der Waals surface area contributed by atoms with Crippen molar-refractivity contribution in [2.24, 2.45) is 11.8 Å². The zero-order valence-corrected chi connectivity index (χ0v) is 5.39. The summed E-state index contributed by atoms with van der Waals surface area (Å²) in [5.41, 5.74) is 0. The Morgan fingerprint density at radius 2 is 2.25 bits per heavy atom. The van der Waals surface area contributed by atoms with Gasteiger partial charge in [-0.3, -0.25) is 0 Å². The normalized spacial score (nSPS) is 34.8. The van der Waals surface area contributed by atoms with Crippen LogP contribution in [0.1, 0.15) is 20.3 Å². The lowest BCUT2D eigenvalue weighted by Crippen LogP contribution is -1.91. The van der Waals surface area contributed by atoms with E-state index in [0.29, 0.717) is 6.04 Å². The molecule has 1 aliphatic rings. The molecule has 0 bridgehead atoms. The van der Waals surface area contributed by atoms with Crippen molar-refractivity contribution in [3.8, 4) is 0 Å². The van der Waals surface area contributed by atoms with Crippen LogP contribution >= 0.6 is 0 Å². The summed E-state index contributed by atoms with van der Waals surface area (Å²) in [6.07, 6.45) is 1.15. The van der Waals surface area contributed by atoms with E-state index in [2.05, 4.69) is 18.7 Å². The maximum Gasteiger partial charge on any atom is 0.227 e. The summed E-state index contributed by atoms with van der Waals surface area (Å²) in [6, 6.07) is 0.384. The van der Waals surface area contributed by atoms with Crippen LogP contribution in [0.4, 0.5) is 0 Å². The highest BCUT2D eigenvalue weighted by Gasteiger charge is 2.45. The van der Waals surface area contributed by atoms with Crippen LogP contribution in [0.2, 0.25) is 0 Å². The van der Waals surface area contributed by atoms with Gasteiger partial charge in [0.15, 0.2) is 0 Å². The third-order valence-electron chi connectivity index (χ3n) is 1.83. The van der Waals surface area contributed by atoms with Crippen molar-refractivity contribution in [3.05, 3.63) is 11.4 Å². The van der Waals surface area contributed by atoms with Gasteiger partial charge in [-0.1, -0.05) is 13.8 Å². The SMILES string of the molecule is [C-]#[N+][C@H]1C[C@H]1C(C)C. The Morgan fingerprint density at radius 1 is 1.62 bits per heavy atom. The standard InChI is InChI=1S/C7H11N/c1-5(2)6-4-7(6)8-3/h5-7H,4H2,1-2H3/t6-,7-/m0/s1. The van der Waals surface area contributed by atoms with Crippen LogP contribution in [0.25, 0.3) is 4.85 Å². The summed E-state index contributed by atoms with van der Waals surface area (Å²) < 4.78 is 0. The molecule has 0 unspecified atom stereocenters. The molecule has 2 atom stereocenters. The molecule has 0 aromatic heterocycles. The number of hydrogen-bond donors (Lipinski definition) is 0. The number of nitrogens with zero attached hydrogens (tertiary/aromatic N) is 1. The van der Waals surface area contributed by atoms with Crippen LogP contribution in [0.15, 0.2) is 0 Å². The second-order valence-corrected chi connectivity index (χ2v) is 2.84. The summed E-state index contributed by atoms with van der Waals surface area (Å²) in [5.74, 6) is 1.46. The van der Waals surface area contributed by atoms with Crippen LogP contribution in [-0.4, -0.2) is 6.04 Å². The van der Waals surface area contributed by atoms with E-state index >= 15 is 0 Å².